The quantitative estimate of drug-likeness (QED) is 0.739. The van der Waals surface area contributed by atoms with E-state index >= 15 is 0 Å². The number of hydrogen-bond donors (Lipinski definition) is 1. The van der Waals surface area contributed by atoms with E-state index in [1.54, 1.807) is 0 Å². The molecule has 0 aromatic carbocycles. The smallest absolute Gasteiger partial charge is 0.0703 e. The Morgan fingerprint density at radius 2 is 1.86 bits per heavy atom. The minimum atomic E-state index is 0.290. The van der Waals surface area contributed by atoms with Gasteiger partial charge in [-0.25, -0.2) is 0 Å². The fourth-order valence-electron chi connectivity index (χ4n) is 2.39. The van der Waals surface area contributed by atoms with Crippen LogP contribution in [0.2, 0.25) is 0 Å². The molecule has 1 atom stereocenters. The molecule has 0 radical (unpaired) electrons. The Bertz CT molecular complexity index is 141. The standard InChI is InChI=1S/C12H25NO/c1-10(2)14-12(9-13)8-11-6-4-3-5-7-11/h10-12H,3-9,13H2,1-2H3. The Hall–Kier alpha value is -0.0800. The van der Waals surface area contributed by atoms with E-state index in [2.05, 4.69) is 13.8 Å². The minimum Gasteiger partial charge on any atom is -0.374 e. The van der Waals surface area contributed by atoms with Crippen molar-refractivity contribution in [1.29, 1.82) is 0 Å². The monoisotopic (exact) mass is 199 g/mol. The van der Waals surface area contributed by atoms with Crippen molar-refractivity contribution >= 4 is 0 Å². The molecule has 0 spiro atoms. The third kappa shape index (κ3) is 4.43. The van der Waals surface area contributed by atoms with Crippen molar-refractivity contribution in [3.05, 3.63) is 0 Å². The fraction of sp³-hybridized carbons (Fsp3) is 1.00. The maximum absolute atomic E-state index is 5.78. The lowest BCUT2D eigenvalue weighted by molar-refractivity contribution is -0.00307. The van der Waals surface area contributed by atoms with Crippen LogP contribution >= 0.6 is 0 Å². The first-order valence-corrected chi connectivity index (χ1v) is 6.08. The van der Waals surface area contributed by atoms with E-state index in [1.807, 2.05) is 0 Å². The summed E-state index contributed by atoms with van der Waals surface area (Å²) in [5, 5.41) is 0. The van der Waals surface area contributed by atoms with Crippen molar-refractivity contribution in [2.75, 3.05) is 6.54 Å². The predicted octanol–water partition coefficient (Wildman–Crippen LogP) is 2.71. The van der Waals surface area contributed by atoms with Crippen molar-refractivity contribution in [2.24, 2.45) is 11.7 Å². The zero-order valence-corrected chi connectivity index (χ0v) is 9.67. The van der Waals surface area contributed by atoms with E-state index in [-0.39, 0.29) is 6.10 Å². The van der Waals surface area contributed by atoms with Crippen LogP contribution in [0.4, 0.5) is 0 Å². The molecule has 2 heteroatoms. The molecule has 14 heavy (non-hydrogen) atoms. The van der Waals surface area contributed by atoms with Crippen LogP contribution in [0.25, 0.3) is 0 Å². The fourth-order valence-corrected chi connectivity index (χ4v) is 2.39. The van der Waals surface area contributed by atoms with Gasteiger partial charge in [0.25, 0.3) is 0 Å². The zero-order chi connectivity index (χ0) is 10.4. The van der Waals surface area contributed by atoms with Crippen LogP contribution in [0.5, 0.6) is 0 Å². The topological polar surface area (TPSA) is 35.2 Å². The summed E-state index contributed by atoms with van der Waals surface area (Å²) in [6, 6.07) is 0. The molecule has 0 amide bonds. The minimum absolute atomic E-state index is 0.290. The molecule has 0 aromatic heterocycles. The van der Waals surface area contributed by atoms with Gasteiger partial charge in [0.1, 0.15) is 0 Å². The van der Waals surface area contributed by atoms with Crippen LogP contribution in [0, 0.1) is 5.92 Å². The van der Waals surface area contributed by atoms with Crippen molar-refractivity contribution in [3.8, 4) is 0 Å². The molecule has 0 aromatic rings. The number of rotatable bonds is 5. The first kappa shape index (κ1) is 12.0. The summed E-state index contributed by atoms with van der Waals surface area (Å²) in [6.45, 7) is 4.85. The van der Waals surface area contributed by atoms with Gasteiger partial charge in [-0.05, 0) is 26.2 Å². The van der Waals surface area contributed by atoms with Crippen molar-refractivity contribution in [3.63, 3.8) is 0 Å². The lowest BCUT2D eigenvalue weighted by Gasteiger charge is -2.27. The van der Waals surface area contributed by atoms with Gasteiger partial charge >= 0.3 is 0 Å². The van der Waals surface area contributed by atoms with E-state index in [0.717, 1.165) is 5.92 Å². The molecule has 1 aliphatic rings. The molecule has 1 saturated carbocycles. The van der Waals surface area contributed by atoms with Gasteiger partial charge in [0.15, 0.2) is 0 Å². The molecular weight excluding hydrogens is 174 g/mol. The van der Waals surface area contributed by atoms with E-state index in [9.17, 15) is 0 Å². The summed E-state index contributed by atoms with van der Waals surface area (Å²) < 4.78 is 5.78. The molecule has 0 bridgehead atoms. The molecule has 1 rings (SSSR count). The van der Waals surface area contributed by atoms with Gasteiger partial charge in [-0.15, -0.1) is 0 Å². The molecule has 2 N–H and O–H groups in total. The van der Waals surface area contributed by atoms with Crippen LogP contribution < -0.4 is 5.73 Å². The summed E-state index contributed by atoms with van der Waals surface area (Å²) in [6.07, 6.45) is 8.79. The molecule has 0 heterocycles. The third-order valence-electron chi connectivity index (χ3n) is 3.05. The maximum Gasteiger partial charge on any atom is 0.0703 e. The lowest BCUT2D eigenvalue weighted by Crippen LogP contribution is -2.29. The van der Waals surface area contributed by atoms with Gasteiger partial charge < -0.3 is 10.5 Å². The molecule has 1 fully saturated rings. The molecule has 2 nitrogen and oxygen atoms in total. The van der Waals surface area contributed by atoms with Gasteiger partial charge in [0, 0.05) is 6.54 Å². The van der Waals surface area contributed by atoms with Gasteiger partial charge in [0.2, 0.25) is 0 Å². The second kappa shape index (κ2) is 6.41. The van der Waals surface area contributed by atoms with E-state index in [1.165, 1.54) is 38.5 Å². The number of nitrogens with two attached hydrogens (primary N) is 1. The largest absolute Gasteiger partial charge is 0.374 e. The Balaban J connectivity index is 2.23. The van der Waals surface area contributed by atoms with Gasteiger partial charge in [-0.3, -0.25) is 0 Å². The Labute approximate surface area is 88.2 Å². The van der Waals surface area contributed by atoms with Gasteiger partial charge in [-0.2, -0.15) is 0 Å². The molecule has 84 valence electrons. The first-order valence-electron chi connectivity index (χ1n) is 6.08. The summed E-state index contributed by atoms with van der Waals surface area (Å²) in [5.41, 5.74) is 5.71. The summed E-state index contributed by atoms with van der Waals surface area (Å²) in [5.74, 6) is 0.871. The lowest BCUT2D eigenvalue weighted by atomic mass is 9.85. The Morgan fingerprint density at radius 1 is 1.21 bits per heavy atom. The second-order valence-electron chi connectivity index (χ2n) is 4.78. The van der Waals surface area contributed by atoms with Crippen molar-refractivity contribution < 1.29 is 4.74 Å². The average Bonchev–Trinajstić information content (AvgIpc) is 2.17. The van der Waals surface area contributed by atoms with Crippen LogP contribution in [0.3, 0.4) is 0 Å². The number of hydrogen-bond acceptors (Lipinski definition) is 2. The number of ether oxygens (including phenoxy) is 1. The Kier molecular flexibility index (Phi) is 5.49. The van der Waals surface area contributed by atoms with Crippen LogP contribution in [0.15, 0.2) is 0 Å². The summed E-state index contributed by atoms with van der Waals surface area (Å²) >= 11 is 0. The highest BCUT2D eigenvalue weighted by molar-refractivity contribution is 4.71. The Morgan fingerprint density at radius 3 is 2.36 bits per heavy atom. The van der Waals surface area contributed by atoms with E-state index < -0.39 is 0 Å². The highest BCUT2D eigenvalue weighted by Crippen LogP contribution is 2.28. The van der Waals surface area contributed by atoms with Crippen LogP contribution in [-0.4, -0.2) is 18.8 Å². The summed E-state index contributed by atoms with van der Waals surface area (Å²) in [4.78, 5) is 0. The highest BCUT2D eigenvalue weighted by Gasteiger charge is 2.19. The average molecular weight is 199 g/mol. The molecule has 1 unspecified atom stereocenters. The van der Waals surface area contributed by atoms with Crippen molar-refractivity contribution in [2.45, 2.75) is 64.6 Å². The van der Waals surface area contributed by atoms with Gasteiger partial charge in [0.05, 0.1) is 12.2 Å². The normalized spacial score (nSPS) is 21.4. The van der Waals surface area contributed by atoms with E-state index in [4.69, 9.17) is 10.5 Å². The second-order valence-corrected chi connectivity index (χ2v) is 4.78. The molecule has 0 aliphatic heterocycles. The van der Waals surface area contributed by atoms with Crippen LogP contribution in [0.1, 0.15) is 52.4 Å². The molecule has 0 saturated heterocycles. The van der Waals surface area contributed by atoms with E-state index in [0.29, 0.717) is 12.6 Å². The SMILES string of the molecule is CC(C)OC(CN)CC1CCCCC1. The molecular formula is C12H25NO. The maximum atomic E-state index is 5.78. The predicted molar refractivity (Wildman–Crippen MR) is 60.3 cm³/mol. The first-order chi connectivity index (χ1) is 6.72. The highest BCUT2D eigenvalue weighted by atomic mass is 16.5. The van der Waals surface area contributed by atoms with Gasteiger partial charge in [-0.1, -0.05) is 32.1 Å². The zero-order valence-electron chi connectivity index (χ0n) is 9.67. The van der Waals surface area contributed by atoms with Crippen LogP contribution in [-0.2, 0) is 4.74 Å². The summed E-state index contributed by atoms with van der Waals surface area (Å²) in [7, 11) is 0. The third-order valence-corrected chi connectivity index (χ3v) is 3.05. The van der Waals surface area contributed by atoms with Crippen molar-refractivity contribution in [1.82, 2.24) is 0 Å². The molecule has 1 aliphatic carbocycles.